The SMILES string of the molecule is COc1ccc(CC(=O)NCCN(CCN(C)C)S(C)(=O)=O)cc1. The van der Waals surface area contributed by atoms with E-state index in [9.17, 15) is 13.2 Å². The maximum atomic E-state index is 11.9. The lowest BCUT2D eigenvalue weighted by molar-refractivity contribution is -0.120. The van der Waals surface area contributed by atoms with Gasteiger partial charge in [-0.3, -0.25) is 4.79 Å². The molecule has 136 valence electrons. The fraction of sp³-hybridized carbons (Fsp3) is 0.562. The third kappa shape index (κ3) is 7.76. The van der Waals surface area contributed by atoms with Crippen LogP contribution in [0.4, 0.5) is 0 Å². The van der Waals surface area contributed by atoms with Gasteiger partial charge in [0.2, 0.25) is 15.9 Å². The van der Waals surface area contributed by atoms with E-state index in [4.69, 9.17) is 4.74 Å². The lowest BCUT2D eigenvalue weighted by Crippen LogP contribution is -2.41. The molecule has 1 aromatic rings. The molecule has 0 fully saturated rings. The molecule has 0 spiro atoms. The van der Waals surface area contributed by atoms with Crippen molar-refractivity contribution in [3.05, 3.63) is 29.8 Å². The van der Waals surface area contributed by atoms with Gasteiger partial charge in [-0.05, 0) is 31.8 Å². The standard InChI is InChI=1S/C16H27N3O4S/c1-18(2)11-12-19(24(4,21)22)10-9-17-16(20)13-14-5-7-15(23-3)8-6-14/h5-8H,9-13H2,1-4H3,(H,17,20). The predicted molar refractivity (Wildman–Crippen MR) is 94.7 cm³/mol. The van der Waals surface area contributed by atoms with E-state index < -0.39 is 10.0 Å². The number of carbonyl (C=O) groups excluding carboxylic acids is 1. The summed E-state index contributed by atoms with van der Waals surface area (Å²) in [5.74, 6) is 0.602. The van der Waals surface area contributed by atoms with Crippen molar-refractivity contribution in [1.29, 1.82) is 0 Å². The van der Waals surface area contributed by atoms with Gasteiger partial charge in [0.1, 0.15) is 5.75 Å². The first-order chi connectivity index (χ1) is 11.2. The van der Waals surface area contributed by atoms with Gasteiger partial charge in [-0.15, -0.1) is 0 Å². The Bertz CT molecular complexity index is 615. The molecule has 1 N–H and O–H groups in total. The Balaban J connectivity index is 2.43. The van der Waals surface area contributed by atoms with Crippen molar-refractivity contribution in [3.8, 4) is 5.75 Å². The van der Waals surface area contributed by atoms with Crippen LogP contribution in [0.15, 0.2) is 24.3 Å². The average molecular weight is 357 g/mol. The molecule has 0 saturated carbocycles. The normalized spacial score (nSPS) is 11.8. The minimum absolute atomic E-state index is 0.138. The lowest BCUT2D eigenvalue weighted by atomic mass is 10.1. The molecule has 24 heavy (non-hydrogen) atoms. The Morgan fingerprint density at radius 2 is 1.75 bits per heavy atom. The molecule has 0 saturated heterocycles. The number of hydrogen-bond donors (Lipinski definition) is 1. The first-order valence-corrected chi connectivity index (χ1v) is 9.56. The van der Waals surface area contributed by atoms with Crippen LogP contribution in [0.25, 0.3) is 0 Å². The summed E-state index contributed by atoms with van der Waals surface area (Å²) in [6, 6.07) is 7.26. The zero-order chi connectivity index (χ0) is 18.2. The number of rotatable bonds is 10. The molecule has 0 atom stereocenters. The Labute approximate surface area is 144 Å². The summed E-state index contributed by atoms with van der Waals surface area (Å²) in [7, 11) is 2.08. The Hall–Kier alpha value is -1.64. The summed E-state index contributed by atoms with van der Waals surface area (Å²) in [6.45, 7) is 1.59. The Morgan fingerprint density at radius 3 is 2.25 bits per heavy atom. The molecule has 0 unspecified atom stereocenters. The molecule has 0 heterocycles. The summed E-state index contributed by atoms with van der Waals surface area (Å²) >= 11 is 0. The Kier molecular flexibility index (Phi) is 8.17. The van der Waals surface area contributed by atoms with E-state index >= 15 is 0 Å². The van der Waals surface area contributed by atoms with Crippen LogP contribution in [0.5, 0.6) is 5.75 Å². The van der Waals surface area contributed by atoms with Crippen LogP contribution in [-0.4, -0.2) is 77.2 Å². The number of carbonyl (C=O) groups is 1. The van der Waals surface area contributed by atoms with Crippen molar-refractivity contribution >= 4 is 15.9 Å². The molecule has 0 radical (unpaired) electrons. The lowest BCUT2D eigenvalue weighted by Gasteiger charge is -2.22. The van der Waals surface area contributed by atoms with Crippen molar-refractivity contribution in [2.75, 3.05) is 53.6 Å². The van der Waals surface area contributed by atoms with Crippen LogP contribution in [0.1, 0.15) is 5.56 Å². The van der Waals surface area contributed by atoms with Gasteiger partial charge in [0.15, 0.2) is 0 Å². The van der Waals surface area contributed by atoms with E-state index in [1.54, 1.807) is 19.2 Å². The number of nitrogens with zero attached hydrogens (tertiary/aromatic N) is 2. The first-order valence-electron chi connectivity index (χ1n) is 7.72. The maximum Gasteiger partial charge on any atom is 0.224 e. The predicted octanol–water partition coefficient (Wildman–Crippen LogP) is 0.177. The van der Waals surface area contributed by atoms with Gasteiger partial charge in [-0.2, -0.15) is 4.31 Å². The van der Waals surface area contributed by atoms with Crippen LogP contribution in [0, 0.1) is 0 Å². The van der Waals surface area contributed by atoms with E-state index in [0.29, 0.717) is 13.1 Å². The van der Waals surface area contributed by atoms with E-state index in [0.717, 1.165) is 11.3 Å². The van der Waals surface area contributed by atoms with Gasteiger partial charge >= 0.3 is 0 Å². The van der Waals surface area contributed by atoms with E-state index in [-0.39, 0.29) is 25.4 Å². The topological polar surface area (TPSA) is 79.0 Å². The number of methoxy groups -OCH3 is 1. The molecule has 0 bridgehead atoms. The van der Waals surface area contributed by atoms with Crippen molar-refractivity contribution in [1.82, 2.24) is 14.5 Å². The fourth-order valence-corrected chi connectivity index (χ4v) is 2.90. The highest BCUT2D eigenvalue weighted by atomic mass is 32.2. The minimum Gasteiger partial charge on any atom is -0.497 e. The van der Waals surface area contributed by atoms with Gasteiger partial charge < -0.3 is 15.0 Å². The third-order valence-electron chi connectivity index (χ3n) is 3.47. The molecular formula is C16H27N3O4S. The molecule has 1 amide bonds. The van der Waals surface area contributed by atoms with Gasteiger partial charge in [-0.25, -0.2) is 8.42 Å². The second kappa shape index (κ2) is 9.61. The second-order valence-electron chi connectivity index (χ2n) is 5.84. The van der Waals surface area contributed by atoms with E-state index in [1.807, 2.05) is 31.1 Å². The largest absolute Gasteiger partial charge is 0.497 e. The average Bonchev–Trinajstić information content (AvgIpc) is 2.50. The summed E-state index contributed by atoms with van der Waals surface area (Å²) in [5.41, 5.74) is 0.876. The van der Waals surface area contributed by atoms with Crippen LogP contribution >= 0.6 is 0 Å². The zero-order valence-electron chi connectivity index (χ0n) is 14.8. The minimum atomic E-state index is -3.28. The van der Waals surface area contributed by atoms with Gasteiger partial charge in [0.05, 0.1) is 19.8 Å². The van der Waals surface area contributed by atoms with Crippen LogP contribution in [0.3, 0.4) is 0 Å². The number of hydrogen-bond acceptors (Lipinski definition) is 5. The third-order valence-corrected chi connectivity index (χ3v) is 4.78. The molecule has 1 aromatic carbocycles. The monoisotopic (exact) mass is 357 g/mol. The summed E-state index contributed by atoms with van der Waals surface area (Å²) < 4.78 is 30.0. The number of ether oxygens (including phenoxy) is 1. The van der Waals surface area contributed by atoms with Crippen LogP contribution in [-0.2, 0) is 21.2 Å². The fourth-order valence-electron chi connectivity index (χ4n) is 2.07. The molecule has 0 aliphatic heterocycles. The number of nitrogens with one attached hydrogen (secondary N) is 1. The van der Waals surface area contributed by atoms with Crippen molar-refractivity contribution in [2.45, 2.75) is 6.42 Å². The van der Waals surface area contributed by atoms with Crippen molar-refractivity contribution in [3.63, 3.8) is 0 Å². The molecule has 0 aromatic heterocycles. The molecular weight excluding hydrogens is 330 g/mol. The highest BCUT2D eigenvalue weighted by molar-refractivity contribution is 7.88. The van der Waals surface area contributed by atoms with Crippen LogP contribution < -0.4 is 10.1 Å². The second-order valence-corrected chi connectivity index (χ2v) is 7.82. The Morgan fingerprint density at radius 1 is 1.12 bits per heavy atom. The quantitative estimate of drug-likeness (QED) is 0.646. The van der Waals surface area contributed by atoms with Gasteiger partial charge in [0.25, 0.3) is 0 Å². The van der Waals surface area contributed by atoms with Gasteiger partial charge in [0, 0.05) is 26.2 Å². The zero-order valence-corrected chi connectivity index (χ0v) is 15.6. The molecule has 0 aliphatic carbocycles. The molecule has 7 nitrogen and oxygen atoms in total. The number of amides is 1. The number of benzene rings is 1. The first kappa shape index (κ1) is 20.4. The summed E-state index contributed by atoms with van der Waals surface area (Å²) in [5, 5.41) is 2.76. The van der Waals surface area contributed by atoms with Crippen molar-refractivity contribution in [2.24, 2.45) is 0 Å². The van der Waals surface area contributed by atoms with E-state index in [2.05, 4.69) is 5.32 Å². The molecule has 8 heteroatoms. The van der Waals surface area contributed by atoms with Crippen LogP contribution in [0.2, 0.25) is 0 Å². The smallest absolute Gasteiger partial charge is 0.224 e. The molecule has 0 aliphatic rings. The maximum absolute atomic E-state index is 11.9. The molecule has 1 rings (SSSR count). The summed E-state index contributed by atoms with van der Waals surface area (Å²) in [4.78, 5) is 13.9. The highest BCUT2D eigenvalue weighted by Gasteiger charge is 2.16. The number of likely N-dealkylation sites (N-methyl/N-ethyl adjacent to an activating group) is 1. The number of sulfonamides is 1. The summed E-state index contributed by atoms with van der Waals surface area (Å²) in [6.07, 6.45) is 1.43. The highest BCUT2D eigenvalue weighted by Crippen LogP contribution is 2.11. The van der Waals surface area contributed by atoms with E-state index in [1.165, 1.54) is 10.6 Å². The van der Waals surface area contributed by atoms with Crippen molar-refractivity contribution < 1.29 is 17.9 Å². The van der Waals surface area contributed by atoms with Gasteiger partial charge in [-0.1, -0.05) is 12.1 Å².